The molecule has 1 aliphatic heterocycles. The van der Waals surface area contributed by atoms with Crippen LogP contribution < -0.4 is 10.1 Å². The molecule has 1 aliphatic rings. The summed E-state index contributed by atoms with van der Waals surface area (Å²) in [7, 11) is 2.30. The second kappa shape index (κ2) is 20.4. The number of likely N-dealkylation sites (N-methyl/N-ethyl adjacent to an activating group) is 1. The Hall–Kier alpha value is -1.55. The molecule has 2 rings (SSSR count). The molecule has 0 unspecified atom stereocenters. The average Bonchev–Trinajstić information content (AvgIpc) is 3.33. The third-order valence-electron chi connectivity index (χ3n) is 8.17. The maximum Gasteiger partial charge on any atom is 0.224 e. The number of amides is 1. The molecule has 212 valence electrons. The van der Waals surface area contributed by atoms with E-state index >= 15 is 0 Å². The minimum Gasteiger partial charge on any atom is -0.494 e. The van der Waals surface area contributed by atoms with E-state index in [-0.39, 0.29) is 5.91 Å². The number of benzene rings is 1. The number of unbranched alkanes of at least 4 members (excludes halogenated alkanes) is 15. The Kier molecular flexibility index (Phi) is 17.5. The summed E-state index contributed by atoms with van der Waals surface area (Å²) in [4.78, 5) is 12.3. The molecule has 0 atom stereocenters. The van der Waals surface area contributed by atoms with Crippen LogP contribution in [0, 0.1) is 0 Å². The first-order valence-electron chi connectivity index (χ1n) is 15.9. The number of carbonyl (C=O) groups is 1. The van der Waals surface area contributed by atoms with Gasteiger partial charge < -0.3 is 14.5 Å². The average molecular weight is 516 g/mol. The van der Waals surface area contributed by atoms with Crippen LogP contribution in [0.3, 0.4) is 0 Å². The summed E-state index contributed by atoms with van der Waals surface area (Å²) in [5.41, 5.74) is 1.05. The van der Waals surface area contributed by atoms with Gasteiger partial charge in [-0.1, -0.05) is 115 Å². The molecule has 0 aromatic heterocycles. The van der Waals surface area contributed by atoms with Gasteiger partial charge in [0.05, 0.1) is 46.3 Å². The van der Waals surface area contributed by atoms with Crippen LogP contribution in [0.5, 0.6) is 5.75 Å². The Morgan fingerprint density at radius 3 is 1.76 bits per heavy atom. The molecule has 1 heterocycles. The molecule has 0 spiro atoms. The van der Waals surface area contributed by atoms with Crippen LogP contribution in [0.15, 0.2) is 24.3 Å². The summed E-state index contributed by atoms with van der Waals surface area (Å²) < 4.78 is 7.02. The minimum atomic E-state index is 0.118. The molecule has 1 N–H and O–H groups in total. The molecule has 1 aromatic rings. The monoisotopic (exact) mass is 515 g/mol. The van der Waals surface area contributed by atoms with Crippen LogP contribution in [0.2, 0.25) is 0 Å². The number of quaternary nitrogens is 1. The zero-order valence-electron chi connectivity index (χ0n) is 24.5. The van der Waals surface area contributed by atoms with Crippen LogP contribution in [0.25, 0.3) is 0 Å². The maximum absolute atomic E-state index is 12.3. The van der Waals surface area contributed by atoms with E-state index in [4.69, 9.17) is 4.74 Å². The van der Waals surface area contributed by atoms with E-state index in [1.807, 2.05) is 24.3 Å². The number of carbonyl (C=O) groups excluding carboxylic acids is 1. The molecule has 1 saturated heterocycles. The van der Waals surface area contributed by atoms with Gasteiger partial charge in [-0.05, 0) is 24.1 Å². The smallest absolute Gasteiger partial charge is 0.224 e. The molecule has 0 saturated carbocycles. The summed E-state index contributed by atoms with van der Waals surface area (Å²) in [5, 5.41) is 3.10. The van der Waals surface area contributed by atoms with Crippen molar-refractivity contribution in [3.8, 4) is 5.75 Å². The highest BCUT2D eigenvalue weighted by atomic mass is 16.5. The van der Waals surface area contributed by atoms with Crippen LogP contribution in [-0.2, 0) is 11.2 Å². The zero-order chi connectivity index (χ0) is 26.4. The normalized spacial score (nSPS) is 14.6. The lowest BCUT2D eigenvalue weighted by Gasteiger charge is -2.29. The summed E-state index contributed by atoms with van der Waals surface area (Å²) in [6, 6.07) is 8.06. The molecule has 0 aliphatic carbocycles. The van der Waals surface area contributed by atoms with Crippen molar-refractivity contribution in [1.82, 2.24) is 5.32 Å². The highest BCUT2D eigenvalue weighted by Crippen LogP contribution is 2.17. The zero-order valence-corrected chi connectivity index (χ0v) is 24.5. The molecule has 4 heteroatoms. The Labute approximate surface area is 229 Å². The van der Waals surface area contributed by atoms with Gasteiger partial charge in [-0.3, -0.25) is 4.79 Å². The maximum atomic E-state index is 12.3. The van der Waals surface area contributed by atoms with Gasteiger partial charge in [-0.15, -0.1) is 0 Å². The van der Waals surface area contributed by atoms with Crippen LogP contribution in [0.4, 0.5) is 0 Å². The molecular weight excluding hydrogens is 456 g/mol. The van der Waals surface area contributed by atoms with Gasteiger partial charge in [0.1, 0.15) is 5.75 Å². The van der Waals surface area contributed by atoms with Crippen molar-refractivity contribution < 1.29 is 14.0 Å². The molecule has 4 nitrogen and oxygen atoms in total. The van der Waals surface area contributed by atoms with Gasteiger partial charge in [0, 0.05) is 12.8 Å². The van der Waals surface area contributed by atoms with Gasteiger partial charge in [-0.25, -0.2) is 0 Å². The first-order valence-corrected chi connectivity index (χ1v) is 15.9. The summed E-state index contributed by atoms with van der Waals surface area (Å²) in [5.74, 6) is 1.03. The fourth-order valence-corrected chi connectivity index (χ4v) is 5.58. The van der Waals surface area contributed by atoms with E-state index in [9.17, 15) is 4.79 Å². The third-order valence-corrected chi connectivity index (χ3v) is 8.17. The van der Waals surface area contributed by atoms with Crippen molar-refractivity contribution in [2.45, 2.75) is 129 Å². The van der Waals surface area contributed by atoms with Crippen LogP contribution in [-0.4, -0.2) is 50.2 Å². The molecule has 0 radical (unpaired) electrons. The van der Waals surface area contributed by atoms with E-state index in [0.717, 1.165) is 41.9 Å². The Balaban J connectivity index is 1.36. The molecular formula is C33H59N2O2+. The van der Waals surface area contributed by atoms with Gasteiger partial charge in [0.2, 0.25) is 5.91 Å². The number of ether oxygens (including phenoxy) is 1. The van der Waals surface area contributed by atoms with Crippen LogP contribution in [0.1, 0.15) is 128 Å². The summed E-state index contributed by atoms with van der Waals surface area (Å²) in [6.07, 6.45) is 25.3. The number of nitrogens with one attached hydrogen (secondary N) is 1. The number of likely N-dealkylation sites (tertiary alicyclic amines) is 1. The highest BCUT2D eigenvalue weighted by molar-refractivity contribution is 5.78. The third kappa shape index (κ3) is 16.1. The molecule has 1 fully saturated rings. The van der Waals surface area contributed by atoms with Gasteiger partial charge in [-0.2, -0.15) is 0 Å². The lowest BCUT2D eigenvalue weighted by molar-refractivity contribution is -0.896. The molecule has 37 heavy (non-hydrogen) atoms. The Morgan fingerprint density at radius 2 is 1.24 bits per heavy atom. The summed E-state index contributed by atoms with van der Waals surface area (Å²) >= 11 is 0. The number of hydrogen-bond donors (Lipinski definition) is 1. The predicted octanol–water partition coefficient (Wildman–Crippen LogP) is 8.23. The first kappa shape index (κ1) is 31.7. The standard InChI is InChI=1S/C33H58N2O2/c1-3-4-5-6-7-8-9-10-11-12-13-14-15-16-17-20-29-37-32-23-21-31(22-24-32)30-33(36)34-25-28-35(2)26-18-19-27-35/h21-24H,3-20,25-30H2,1-2H3/p+1. The molecule has 1 aromatic carbocycles. The highest BCUT2D eigenvalue weighted by Gasteiger charge is 2.26. The van der Waals surface area contributed by atoms with Crippen molar-refractivity contribution in [3.05, 3.63) is 29.8 Å². The van der Waals surface area contributed by atoms with Gasteiger partial charge in [0.25, 0.3) is 0 Å². The SMILES string of the molecule is CCCCCCCCCCCCCCCCCCOc1ccc(CC(=O)NCC[N+]2(C)CCCC2)cc1. The second-order valence-corrected chi connectivity index (χ2v) is 11.8. The van der Waals surface area contributed by atoms with E-state index in [0.29, 0.717) is 6.42 Å². The van der Waals surface area contributed by atoms with Crippen molar-refractivity contribution in [2.75, 3.05) is 39.8 Å². The van der Waals surface area contributed by atoms with E-state index in [1.54, 1.807) is 0 Å². The van der Waals surface area contributed by atoms with E-state index in [1.165, 1.54) is 122 Å². The quantitative estimate of drug-likeness (QED) is 0.118. The second-order valence-electron chi connectivity index (χ2n) is 11.8. The topological polar surface area (TPSA) is 38.3 Å². The van der Waals surface area contributed by atoms with E-state index in [2.05, 4.69) is 19.3 Å². The predicted molar refractivity (Wildman–Crippen MR) is 158 cm³/mol. The van der Waals surface area contributed by atoms with Gasteiger partial charge >= 0.3 is 0 Å². The first-order chi connectivity index (χ1) is 18.1. The fraction of sp³-hybridized carbons (Fsp3) is 0.788. The molecule has 1 amide bonds. The van der Waals surface area contributed by atoms with Crippen LogP contribution >= 0.6 is 0 Å². The van der Waals surface area contributed by atoms with Crippen molar-refractivity contribution in [2.24, 2.45) is 0 Å². The van der Waals surface area contributed by atoms with Crippen molar-refractivity contribution >= 4 is 5.91 Å². The number of hydrogen-bond acceptors (Lipinski definition) is 2. The summed E-state index contributed by atoms with van der Waals surface area (Å²) in [6.45, 7) is 7.38. The van der Waals surface area contributed by atoms with E-state index < -0.39 is 0 Å². The Bertz CT molecular complexity index is 682. The van der Waals surface area contributed by atoms with Crippen molar-refractivity contribution in [3.63, 3.8) is 0 Å². The largest absolute Gasteiger partial charge is 0.494 e. The lowest BCUT2D eigenvalue weighted by atomic mass is 10.0. The molecule has 0 bridgehead atoms. The Morgan fingerprint density at radius 1 is 0.757 bits per heavy atom. The lowest BCUT2D eigenvalue weighted by Crippen LogP contribution is -2.46. The number of nitrogens with zero attached hydrogens (tertiary/aromatic N) is 1. The minimum absolute atomic E-state index is 0.118. The number of rotatable bonds is 23. The van der Waals surface area contributed by atoms with Gasteiger partial charge in [0.15, 0.2) is 0 Å². The van der Waals surface area contributed by atoms with Crippen molar-refractivity contribution in [1.29, 1.82) is 0 Å². The fourth-order valence-electron chi connectivity index (χ4n) is 5.58.